The molecule has 6 heteroatoms. The van der Waals surface area contributed by atoms with Gasteiger partial charge in [0.1, 0.15) is 11.6 Å². The molecule has 1 heterocycles. The van der Waals surface area contributed by atoms with Crippen LogP contribution in [0.3, 0.4) is 0 Å². The zero-order valence-corrected chi connectivity index (χ0v) is 10.8. The Bertz CT molecular complexity index is 1100. The Kier molecular flexibility index (Phi) is 1.71. The number of carbonyl (C=O) groups is 2. The van der Waals surface area contributed by atoms with E-state index in [1.165, 1.54) is 0 Å². The number of carbonyl (C=O) groups excluding carboxylic acids is 2. The number of nitrogens with zero attached hydrogens (tertiary/aromatic N) is 2. The highest BCUT2D eigenvalue weighted by atomic mass is 16.2. The van der Waals surface area contributed by atoms with Gasteiger partial charge in [-0.3, -0.25) is 19.0 Å². The van der Waals surface area contributed by atoms with E-state index in [1.54, 1.807) is 0 Å². The third kappa shape index (κ3) is 2.12. The molecule has 1 fully saturated rings. The fourth-order valence-corrected chi connectivity index (χ4v) is 2.17. The molecule has 108 valence electrons. The summed E-state index contributed by atoms with van der Waals surface area (Å²) in [6.07, 6.45) is -4.42. The van der Waals surface area contributed by atoms with Crippen molar-refractivity contribution in [2.45, 2.75) is 32.1 Å². The highest BCUT2D eigenvalue weighted by Gasteiger charge is 2.30. The lowest BCUT2D eigenvalue weighted by Gasteiger charge is -2.24. The van der Waals surface area contributed by atoms with Gasteiger partial charge in [0.25, 0.3) is 5.56 Å². The minimum Gasteiger partial charge on any atom is -0.398 e. The van der Waals surface area contributed by atoms with E-state index in [9.17, 15) is 14.4 Å². The van der Waals surface area contributed by atoms with Gasteiger partial charge in [0, 0.05) is 17.6 Å². The molecular formula is C15H15N3O3. The molecule has 1 saturated carbocycles. The molecule has 1 aromatic heterocycles. The first-order valence-electron chi connectivity index (χ1n) is 9.70. The maximum absolute atomic E-state index is 13.2. The van der Waals surface area contributed by atoms with Crippen LogP contribution in [0.15, 0.2) is 22.9 Å². The van der Waals surface area contributed by atoms with E-state index in [4.69, 9.17) is 15.3 Å². The van der Waals surface area contributed by atoms with E-state index in [-0.39, 0.29) is 27.9 Å². The van der Waals surface area contributed by atoms with Crippen molar-refractivity contribution in [3.05, 3.63) is 34.3 Å². The first kappa shape index (κ1) is 7.49. The summed E-state index contributed by atoms with van der Waals surface area (Å²) in [6.45, 7) is -2.00. The van der Waals surface area contributed by atoms with Crippen molar-refractivity contribution in [1.29, 1.82) is 0 Å². The molecule has 3 rings (SSSR count). The van der Waals surface area contributed by atoms with Crippen LogP contribution in [-0.4, -0.2) is 21.1 Å². The average Bonchev–Trinajstić information content (AvgIpc) is 2.56. The first-order valence-corrected chi connectivity index (χ1v) is 6.05. The van der Waals surface area contributed by atoms with Gasteiger partial charge < -0.3 is 5.73 Å². The zero-order valence-electron chi connectivity index (χ0n) is 17.8. The molecule has 6 nitrogen and oxygen atoms in total. The number of Topliss-reactive ketones (excluding diaryl/α,β-unsaturated/α-hetero) is 2. The highest BCUT2D eigenvalue weighted by molar-refractivity contribution is 6.03. The van der Waals surface area contributed by atoms with Crippen molar-refractivity contribution in [2.75, 3.05) is 5.73 Å². The molecule has 0 spiro atoms. The molecular weight excluding hydrogens is 270 g/mol. The molecule has 0 saturated heterocycles. The Morgan fingerprint density at radius 1 is 1.52 bits per heavy atom. The maximum Gasteiger partial charge on any atom is 0.264 e. The number of ketones is 2. The second-order valence-electron chi connectivity index (χ2n) is 4.52. The Hall–Kier alpha value is -2.50. The van der Waals surface area contributed by atoms with Gasteiger partial charge in [-0.2, -0.15) is 0 Å². The lowest BCUT2D eigenvalue weighted by molar-refractivity contribution is -0.132. The molecule has 1 aliphatic rings. The van der Waals surface area contributed by atoms with Crippen molar-refractivity contribution in [3.8, 4) is 0 Å². The number of nitrogen functional groups attached to an aromatic ring is 1. The SMILES string of the molecule is [2H]c1cc([2H])c2nc(C([2H])[2H])n(C3([2H])C(=O)CC(=O)CC3([2H])[2H])c(=O)c2c1N. The van der Waals surface area contributed by atoms with E-state index in [0.717, 1.165) is 6.07 Å². The van der Waals surface area contributed by atoms with E-state index in [1.807, 2.05) is 0 Å². The number of fused-ring (bicyclic) bond motifs is 1. The number of rotatable bonds is 1. The Morgan fingerprint density at radius 2 is 2.33 bits per heavy atom. The summed E-state index contributed by atoms with van der Waals surface area (Å²) in [5.41, 5.74) is 3.84. The molecule has 0 amide bonds. The second-order valence-corrected chi connectivity index (χ2v) is 4.52. The predicted octanol–water partition coefficient (Wildman–Crippen LogP) is 1.15. The van der Waals surface area contributed by atoms with Crippen LogP contribution >= 0.6 is 0 Å². The monoisotopic (exact) mass is 292 g/mol. The summed E-state index contributed by atoms with van der Waals surface area (Å²) in [6, 6.07) is -2.70. The van der Waals surface area contributed by atoms with Gasteiger partial charge in [-0.05, 0) is 25.3 Å². The van der Waals surface area contributed by atoms with Gasteiger partial charge in [-0.15, -0.1) is 0 Å². The van der Waals surface area contributed by atoms with Gasteiger partial charge in [0.05, 0.1) is 27.5 Å². The molecule has 0 bridgehead atoms. The third-order valence-electron chi connectivity index (χ3n) is 3.11. The van der Waals surface area contributed by atoms with Crippen LogP contribution in [0.5, 0.6) is 0 Å². The fourth-order valence-electron chi connectivity index (χ4n) is 2.17. The van der Waals surface area contributed by atoms with E-state index in [0.29, 0.717) is 0 Å². The van der Waals surface area contributed by atoms with Gasteiger partial charge in [-0.25, -0.2) is 4.98 Å². The minimum atomic E-state index is -2.96. The molecule has 1 atom stereocenters. The number of anilines is 1. The lowest BCUT2D eigenvalue weighted by atomic mass is 9.92. The number of hydrogen-bond acceptors (Lipinski definition) is 5. The average molecular weight is 292 g/mol. The molecule has 0 radical (unpaired) electrons. The summed E-state index contributed by atoms with van der Waals surface area (Å²) in [5, 5.41) is -0.478. The minimum absolute atomic E-state index is 0.282. The van der Waals surface area contributed by atoms with E-state index < -0.39 is 60.4 Å². The van der Waals surface area contributed by atoms with Gasteiger partial charge in [0.15, 0.2) is 5.78 Å². The number of hydrogen-bond donors (Lipinski definition) is 1. The van der Waals surface area contributed by atoms with Crippen LogP contribution in [0, 0.1) is 6.88 Å². The van der Waals surface area contributed by atoms with Crippen LogP contribution in [0.2, 0.25) is 0 Å². The van der Waals surface area contributed by atoms with Crippen molar-refractivity contribution in [3.63, 3.8) is 0 Å². The summed E-state index contributed by atoms with van der Waals surface area (Å²) in [5.74, 6) is -2.69. The van der Waals surface area contributed by atoms with E-state index in [2.05, 4.69) is 4.98 Å². The number of aryl methyl sites for hydroxylation is 1. The quantitative estimate of drug-likeness (QED) is 0.628. The first-order chi connectivity index (χ1) is 12.8. The highest BCUT2D eigenvalue weighted by Crippen LogP contribution is 2.24. The normalized spacial score (nSPS) is 30.0. The van der Waals surface area contributed by atoms with Gasteiger partial charge >= 0.3 is 0 Å². The topological polar surface area (TPSA) is 95.0 Å². The van der Waals surface area contributed by atoms with Crippen LogP contribution in [0.4, 0.5) is 5.69 Å². The summed E-state index contributed by atoms with van der Waals surface area (Å²) in [7, 11) is 0. The maximum atomic E-state index is 13.2. The third-order valence-corrected chi connectivity index (χ3v) is 3.11. The second kappa shape index (κ2) is 4.80. The Balaban J connectivity index is 2.53. The standard InChI is InChI=1S/C15H15N3O3/c1-8-17-11-4-2-3-10(16)14(11)15(21)18(8)12-6-5-9(19)7-13(12)20/h2-4,12H,5-7,16H2,1H3/i1D2,3D,4D,6D2,12D. The van der Waals surface area contributed by atoms with Crippen molar-refractivity contribution in [2.24, 2.45) is 0 Å². The molecule has 1 aliphatic carbocycles. The fraction of sp³-hybridized carbons (Fsp3) is 0.333. The molecule has 1 unspecified atom stereocenters. The van der Waals surface area contributed by atoms with Crippen molar-refractivity contribution < 1.29 is 19.2 Å². The number of benzene rings is 1. The summed E-state index contributed by atoms with van der Waals surface area (Å²) < 4.78 is 56.0. The molecule has 2 aromatic rings. The largest absolute Gasteiger partial charge is 0.398 e. The predicted molar refractivity (Wildman–Crippen MR) is 78.1 cm³/mol. The molecule has 0 aliphatic heterocycles. The Morgan fingerprint density at radius 3 is 3.05 bits per heavy atom. The van der Waals surface area contributed by atoms with Crippen LogP contribution in [0.1, 0.15) is 40.7 Å². The number of aromatic nitrogens is 2. The van der Waals surface area contributed by atoms with Crippen molar-refractivity contribution >= 4 is 28.2 Å². The van der Waals surface area contributed by atoms with Gasteiger partial charge in [-0.1, -0.05) is 6.07 Å². The summed E-state index contributed by atoms with van der Waals surface area (Å²) in [4.78, 5) is 41.3. The van der Waals surface area contributed by atoms with Crippen LogP contribution < -0.4 is 11.3 Å². The van der Waals surface area contributed by atoms with Crippen LogP contribution in [0.25, 0.3) is 10.9 Å². The smallest absolute Gasteiger partial charge is 0.264 e. The van der Waals surface area contributed by atoms with E-state index >= 15 is 0 Å². The zero-order chi connectivity index (χ0) is 21.2. The molecule has 1 aromatic carbocycles. The Labute approximate surface area is 130 Å². The molecule has 2 N–H and O–H groups in total. The lowest BCUT2D eigenvalue weighted by Crippen LogP contribution is -2.36. The van der Waals surface area contributed by atoms with Crippen molar-refractivity contribution in [1.82, 2.24) is 9.55 Å². The van der Waals surface area contributed by atoms with Gasteiger partial charge in [0.2, 0.25) is 0 Å². The summed E-state index contributed by atoms with van der Waals surface area (Å²) >= 11 is 0. The van der Waals surface area contributed by atoms with Crippen LogP contribution in [-0.2, 0) is 9.59 Å². The number of nitrogens with two attached hydrogens (primary N) is 1. The molecule has 21 heavy (non-hydrogen) atoms.